The van der Waals surface area contributed by atoms with Crippen molar-refractivity contribution in [3.63, 3.8) is 0 Å². The minimum atomic E-state index is -1.17. The van der Waals surface area contributed by atoms with Crippen LogP contribution in [-0.4, -0.2) is 27.0 Å². The lowest BCUT2D eigenvalue weighted by molar-refractivity contribution is -0.146. The van der Waals surface area contributed by atoms with Gasteiger partial charge in [-0.25, -0.2) is 4.79 Å². The molecular weight excluding hydrogens is 276 g/mol. The Bertz CT molecular complexity index is 397. The molecule has 0 saturated carbocycles. The summed E-state index contributed by atoms with van der Waals surface area (Å²) in [4.78, 5) is 21.7. The second kappa shape index (κ2) is 4.41. The third-order valence-electron chi connectivity index (χ3n) is 2.82. The van der Waals surface area contributed by atoms with E-state index in [4.69, 9.17) is 5.11 Å². The van der Waals surface area contributed by atoms with E-state index >= 15 is 0 Å². The molecule has 2 N–H and O–H groups in total. The fourth-order valence-corrected chi connectivity index (χ4v) is 2.87. The van der Waals surface area contributed by atoms with Crippen molar-refractivity contribution in [3.05, 3.63) is 23.3 Å². The average molecular weight is 289 g/mol. The molecule has 88 valence electrons. The third kappa shape index (κ3) is 1.91. The Morgan fingerprint density at radius 1 is 1.50 bits per heavy atom. The van der Waals surface area contributed by atoms with Gasteiger partial charge in [0.2, 0.25) is 0 Å². The van der Waals surface area contributed by atoms with Gasteiger partial charge in [0.15, 0.2) is 0 Å². The highest BCUT2D eigenvalue weighted by Crippen LogP contribution is 2.42. The van der Waals surface area contributed by atoms with Crippen molar-refractivity contribution in [1.82, 2.24) is 0 Å². The zero-order valence-electron chi connectivity index (χ0n) is 9.03. The van der Waals surface area contributed by atoms with Gasteiger partial charge in [-0.2, -0.15) is 0 Å². The Hall–Kier alpha value is -1.10. The lowest BCUT2D eigenvalue weighted by atomic mass is 9.74. The number of aliphatic carboxylic acids is 2. The molecular formula is C11H13BrO4. The van der Waals surface area contributed by atoms with Crippen LogP contribution in [0.15, 0.2) is 23.3 Å². The van der Waals surface area contributed by atoms with Gasteiger partial charge in [0, 0.05) is 0 Å². The van der Waals surface area contributed by atoms with Crippen molar-refractivity contribution in [1.29, 1.82) is 0 Å². The van der Waals surface area contributed by atoms with E-state index in [2.05, 4.69) is 15.9 Å². The van der Waals surface area contributed by atoms with E-state index < -0.39 is 22.2 Å². The number of allylic oxidation sites excluding steroid dienone is 2. The van der Waals surface area contributed by atoms with Crippen LogP contribution in [0.1, 0.15) is 20.3 Å². The first-order valence-electron chi connectivity index (χ1n) is 4.87. The summed E-state index contributed by atoms with van der Waals surface area (Å²) in [6, 6.07) is 0. The summed E-state index contributed by atoms with van der Waals surface area (Å²) in [5.74, 6) is -2.10. The zero-order chi connectivity index (χ0) is 12.5. The van der Waals surface area contributed by atoms with Crippen molar-refractivity contribution in [2.45, 2.75) is 25.1 Å². The van der Waals surface area contributed by atoms with E-state index in [1.54, 1.807) is 19.9 Å². The van der Waals surface area contributed by atoms with Crippen LogP contribution in [-0.2, 0) is 9.59 Å². The largest absolute Gasteiger partial charge is 0.481 e. The molecule has 1 aliphatic carbocycles. The van der Waals surface area contributed by atoms with Crippen molar-refractivity contribution in [2.24, 2.45) is 5.41 Å². The van der Waals surface area contributed by atoms with Gasteiger partial charge in [0.25, 0.3) is 0 Å². The highest BCUT2D eigenvalue weighted by Gasteiger charge is 2.46. The van der Waals surface area contributed by atoms with Gasteiger partial charge in [-0.3, -0.25) is 4.79 Å². The predicted octanol–water partition coefficient (Wildman–Crippen LogP) is 2.20. The van der Waals surface area contributed by atoms with Crippen molar-refractivity contribution in [2.75, 3.05) is 0 Å². The number of hydrogen-bond donors (Lipinski definition) is 2. The summed E-state index contributed by atoms with van der Waals surface area (Å²) in [6.07, 6.45) is 3.44. The maximum atomic E-state index is 11.3. The van der Waals surface area contributed by atoms with Gasteiger partial charge in [0.1, 0.15) is 5.41 Å². The first-order valence-corrected chi connectivity index (χ1v) is 5.78. The number of rotatable bonds is 3. The molecule has 1 aliphatic rings. The number of carbonyl (C=O) groups is 2. The van der Waals surface area contributed by atoms with Gasteiger partial charge in [-0.15, -0.1) is 0 Å². The summed E-state index contributed by atoms with van der Waals surface area (Å²) in [5, 5.41) is 18.3. The second-order valence-corrected chi connectivity index (χ2v) is 4.77. The Morgan fingerprint density at radius 2 is 2.06 bits per heavy atom. The first kappa shape index (κ1) is 13.0. The Kier molecular flexibility index (Phi) is 3.57. The van der Waals surface area contributed by atoms with E-state index in [0.29, 0.717) is 12.0 Å². The molecule has 0 aromatic heterocycles. The molecule has 0 spiro atoms. The average Bonchev–Trinajstić information content (AvgIpc) is 2.20. The van der Waals surface area contributed by atoms with Gasteiger partial charge in [-0.1, -0.05) is 34.5 Å². The fourth-order valence-electron chi connectivity index (χ4n) is 1.89. The number of carboxylic acids is 2. The molecule has 1 rings (SSSR count). The highest BCUT2D eigenvalue weighted by atomic mass is 79.9. The van der Waals surface area contributed by atoms with Crippen LogP contribution in [0, 0.1) is 5.41 Å². The monoisotopic (exact) mass is 288 g/mol. The van der Waals surface area contributed by atoms with Crippen LogP contribution < -0.4 is 0 Å². The van der Waals surface area contributed by atoms with E-state index in [-0.39, 0.29) is 5.57 Å². The van der Waals surface area contributed by atoms with Crippen LogP contribution in [0.25, 0.3) is 0 Å². The molecule has 0 bridgehead atoms. The molecule has 0 heterocycles. The lowest BCUT2D eigenvalue weighted by Gasteiger charge is -2.33. The zero-order valence-corrected chi connectivity index (χ0v) is 10.6. The molecule has 4 nitrogen and oxygen atoms in total. The Morgan fingerprint density at radius 3 is 2.44 bits per heavy atom. The van der Waals surface area contributed by atoms with Crippen molar-refractivity contribution >= 4 is 27.9 Å². The predicted molar refractivity (Wildman–Crippen MR) is 62.6 cm³/mol. The van der Waals surface area contributed by atoms with Gasteiger partial charge in [0.05, 0.1) is 10.4 Å². The quantitative estimate of drug-likeness (QED) is 0.781. The third-order valence-corrected chi connectivity index (χ3v) is 4.13. The van der Waals surface area contributed by atoms with E-state index in [0.717, 1.165) is 0 Å². The van der Waals surface area contributed by atoms with Crippen molar-refractivity contribution in [3.8, 4) is 0 Å². The second-order valence-electron chi connectivity index (χ2n) is 3.85. The molecule has 0 saturated heterocycles. The van der Waals surface area contributed by atoms with Crippen LogP contribution >= 0.6 is 15.9 Å². The van der Waals surface area contributed by atoms with Gasteiger partial charge in [-0.05, 0) is 19.4 Å². The Balaban J connectivity index is 3.32. The van der Waals surface area contributed by atoms with Gasteiger partial charge >= 0.3 is 11.9 Å². The summed E-state index contributed by atoms with van der Waals surface area (Å²) >= 11 is 3.19. The van der Waals surface area contributed by atoms with Crippen LogP contribution in [0.2, 0.25) is 0 Å². The standard InChI is InChI=1S/C11H13BrO4/c1-3-11(10(15)16)5-6(2)4-7(8(11)12)9(13)14/h4-5,8H,3H2,1-2H3,(H,13,14)(H,15,16). The first-order chi connectivity index (χ1) is 7.35. The molecule has 0 aliphatic heterocycles. The minimum Gasteiger partial charge on any atom is -0.481 e. The fraction of sp³-hybridized carbons (Fsp3) is 0.455. The molecule has 0 fully saturated rings. The lowest BCUT2D eigenvalue weighted by Crippen LogP contribution is -2.41. The molecule has 5 heteroatoms. The molecule has 0 radical (unpaired) electrons. The van der Waals surface area contributed by atoms with Crippen LogP contribution in [0.3, 0.4) is 0 Å². The molecule has 2 unspecified atom stereocenters. The molecule has 0 aromatic carbocycles. The maximum absolute atomic E-state index is 11.3. The van der Waals surface area contributed by atoms with E-state index in [1.165, 1.54) is 6.08 Å². The summed E-state index contributed by atoms with van der Waals surface area (Å²) in [5.41, 5.74) is -0.423. The van der Waals surface area contributed by atoms with E-state index in [1.807, 2.05) is 0 Å². The van der Waals surface area contributed by atoms with E-state index in [9.17, 15) is 14.7 Å². The highest BCUT2D eigenvalue weighted by molar-refractivity contribution is 9.09. The van der Waals surface area contributed by atoms with Crippen LogP contribution in [0.5, 0.6) is 0 Å². The topological polar surface area (TPSA) is 74.6 Å². The van der Waals surface area contributed by atoms with Crippen molar-refractivity contribution < 1.29 is 19.8 Å². The SMILES string of the molecule is CCC1(C(=O)O)C=C(C)C=C(C(=O)O)C1Br. The summed E-state index contributed by atoms with van der Waals surface area (Å²) < 4.78 is 0. The molecule has 0 amide bonds. The Labute approximate surface area is 102 Å². The summed E-state index contributed by atoms with van der Waals surface area (Å²) in [6.45, 7) is 3.44. The van der Waals surface area contributed by atoms with Crippen LogP contribution in [0.4, 0.5) is 0 Å². The number of alkyl halides is 1. The van der Waals surface area contributed by atoms with Gasteiger partial charge < -0.3 is 10.2 Å². The summed E-state index contributed by atoms with van der Waals surface area (Å²) in [7, 11) is 0. The molecule has 16 heavy (non-hydrogen) atoms. The molecule has 2 atom stereocenters. The normalized spacial score (nSPS) is 29.3. The number of halogens is 1. The maximum Gasteiger partial charge on any atom is 0.332 e. The smallest absolute Gasteiger partial charge is 0.332 e. The molecule has 0 aromatic rings. The number of hydrogen-bond acceptors (Lipinski definition) is 2. The number of carboxylic acid groups (broad SMARTS) is 2. The minimum absolute atomic E-state index is 0.0873.